The van der Waals surface area contributed by atoms with Crippen LogP contribution in [0.1, 0.15) is 37.4 Å². The Morgan fingerprint density at radius 3 is 1.47 bits per heavy atom. The molecule has 0 bridgehead atoms. The van der Waals surface area contributed by atoms with Crippen LogP contribution in [0.4, 0.5) is 0 Å². The minimum Gasteiger partial charge on any atom is -0.465 e. The monoisotopic (exact) mass is 641 g/mol. The number of sulfonamides is 1. The molecule has 0 aromatic heterocycles. The van der Waals surface area contributed by atoms with E-state index in [0.717, 1.165) is 27.1 Å². The molecule has 0 radical (unpaired) electrons. The predicted molar refractivity (Wildman–Crippen MR) is 183 cm³/mol. The molecule has 0 aliphatic carbocycles. The van der Waals surface area contributed by atoms with Gasteiger partial charge in [0.05, 0.1) is 30.2 Å². The number of esters is 2. The summed E-state index contributed by atoms with van der Waals surface area (Å²) in [6, 6.07) is 33.7. The van der Waals surface area contributed by atoms with Gasteiger partial charge in [-0.3, -0.25) is 0 Å². The van der Waals surface area contributed by atoms with Crippen molar-refractivity contribution in [3.8, 4) is 22.3 Å². The molecule has 234 valence electrons. The average molecular weight is 642 g/mol. The van der Waals surface area contributed by atoms with Gasteiger partial charge in [0.15, 0.2) is 0 Å². The summed E-state index contributed by atoms with van der Waals surface area (Å²) in [6.45, 7) is 1.86. The maximum atomic E-state index is 14.2. The van der Waals surface area contributed by atoms with Gasteiger partial charge < -0.3 is 9.47 Å². The van der Waals surface area contributed by atoms with Gasteiger partial charge in [0.2, 0.25) is 10.0 Å². The van der Waals surface area contributed by atoms with Gasteiger partial charge >= 0.3 is 11.9 Å². The summed E-state index contributed by atoms with van der Waals surface area (Å²) < 4.78 is 40.6. The molecule has 1 aliphatic heterocycles. The third kappa shape index (κ3) is 4.97. The standard InChI is InChI=1S/C39H31NO6S/c1-24-18-20-27(21-19-24)47(43,44)40-22-32-33(23-40)35(31-17-9-13-26-11-5-7-15-29(26)31)37(39(42)46-3)36(38(41)45-2)34(32)30-16-8-12-25-10-4-6-14-28(25)30/h4-21H,22-23H2,1-3H3. The lowest BCUT2D eigenvalue weighted by atomic mass is 9.80. The number of rotatable bonds is 6. The highest BCUT2D eigenvalue weighted by atomic mass is 32.2. The molecule has 6 aromatic rings. The van der Waals surface area contributed by atoms with Crippen molar-refractivity contribution in [2.24, 2.45) is 0 Å². The van der Waals surface area contributed by atoms with E-state index in [-0.39, 0.29) is 29.1 Å². The van der Waals surface area contributed by atoms with Crippen LogP contribution < -0.4 is 0 Å². The molecule has 0 N–H and O–H groups in total. The number of hydrogen-bond acceptors (Lipinski definition) is 6. The summed E-state index contributed by atoms with van der Waals surface area (Å²) in [4.78, 5) is 28.2. The van der Waals surface area contributed by atoms with Crippen molar-refractivity contribution in [3.05, 3.63) is 137 Å². The number of carbonyl (C=O) groups excluding carboxylic acids is 2. The maximum absolute atomic E-state index is 14.2. The Labute approximate surface area is 273 Å². The van der Waals surface area contributed by atoms with Crippen LogP contribution in [0.3, 0.4) is 0 Å². The number of carbonyl (C=O) groups is 2. The Balaban J connectivity index is 1.64. The summed E-state index contributed by atoms with van der Waals surface area (Å²) in [7, 11) is -1.44. The molecule has 1 aliphatic rings. The SMILES string of the molecule is COC(=O)c1c(C(=O)OC)c(-c2cccc3ccccc23)c2c(c1-c1cccc3ccccc13)CN(S(=O)(=O)c1ccc(C)cc1)C2. The number of fused-ring (bicyclic) bond motifs is 3. The Kier molecular flexibility index (Phi) is 7.62. The van der Waals surface area contributed by atoms with Crippen molar-refractivity contribution in [3.63, 3.8) is 0 Å². The fraction of sp³-hybridized carbons (Fsp3) is 0.128. The van der Waals surface area contributed by atoms with Crippen LogP contribution in [0.25, 0.3) is 43.8 Å². The molecule has 0 fully saturated rings. The second-order valence-corrected chi connectivity index (χ2v) is 13.5. The van der Waals surface area contributed by atoms with E-state index in [9.17, 15) is 18.0 Å². The van der Waals surface area contributed by atoms with Crippen molar-refractivity contribution in [1.82, 2.24) is 4.31 Å². The molecule has 0 unspecified atom stereocenters. The zero-order valence-electron chi connectivity index (χ0n) is 26.1. The minimum absolute atomic E-state index is 0.0205. The first kappa shape index (κ1) is 30.3. The number of hydrogen-bond donors (Lipinski definition) is 0. The lowest BCUT2D eigenvalue weighted by Gasteiger charge is -2.23. The zero-order valence-corrected chi connectivity index (χ0v) is 26.9. The van der Waals surface area contributed by atoms with Gasteiger partial charge in [0, 0.05) is 24.2 Å². The third-order valence-corrected chi connectivity index (χ3v) is 10.7. The van der Waals surface area contributed by atoms with E-state index in [1.54, 1.807) is 24.3 Å². The summed E-state index contributed by atoms with van der Waals surface area (Å²) in [5, 5.41) is 3.54. The number of benzene rings is 6. The van der Waals surface area contributed by atoms with Crippen molar-refractivity contribution in [1.29, 1.82) is 0 Å². The lowest BCUT2D eigenvalue weighted by Crippen LogP contribution is -2.25. The molecule has 0 spiro atoms. The van der Waals surface area contributed by atoms with E-state index in [2.05, 4.69) is 0 Å². The summed E-state index contributed by atoms with van der Waals surface area (Å²) in [5.41, 5.74) is 4.55. The Hall–Kier alpha value is -5.31. The van der Waals surface area contributed by atoms with E-state index in [4.69, 9.17) is 9.47 Å². The largest absolute Gasteiger partial charge is 0.465 e. The zero-order chi connectivity index (χ0) is 32.9. The minimum atomic E-state index is -3.98. The molecule has 0 atom stereocenters. The smallest absolute Gasteiger partial charge is 0.339 e. The molecule has 7 rings (SSSR count). The molecule has 6 aromatic carbocycles. The molecule has 0 amide bonds. The highest BCUT2D eigenvalue weighted by Crippen LogP contribution is 2.48. The van der Waals surface area contributed by atoms with E-state index in [1.165, 1.54) is 18.5 Å². The van der Waals surface area contributed by atoms with Gasteiger partial charge in [-0.15, -0.1) is 0 Å². The van der Waals surface area contributed by atoms with Gasteiger partial charge in [-0.05, 0) is 62.9 Å². The first-order chi connectivity index (χ1) is 22.7. The van der Waals surface area contributed by atoms with Crippen LogP contribution in [0.15, 0.2) is 114 Å². The second-order valence-electron chi connectivity index (χ2n) is 11.6. The van der Waals surface area contributed by atoms with Crippen LogP contribution in [0.5, 0.6) is 0 Å². The fourth-order valence-corrected chi connectivity index (χ4v) is 8.11. The van der Waals surface area contributed by atoms with E-state index in [1.807, 2.05) is 91.9 Å². The van der Waals surface area contributed by atoms with Crippen LogP contribution in [-0.4, -0.2) is 38.9 Å². The molecule has 0 saturated carbocycles. The highest BCUT2D eigenvalue weighted by Gasteiger charge is 2.40. The van der Waals surface area contributed by atoms with Gasteiger partial charge in [0.25, 0.3) is 0 Å². The number of aryl methyl sites for hydroxylation is 1. The quantitative estimate of drug-likeness (QED) is 0.172. The molecule has 47 heavy (non-hydrogen) atoms. The topological polar surface area (TPSA) is 90.0 Å². The lowest BCUT2D eigenvalue weighted by molar-refractivity contribution is 0.0556. The van der Waals surface area contributed by atoms with E-state index < -0.39 is 22.0 Å². The van der Waals surface area contributed by atoms with Crippen LogP contribution in [0, 0.1) is 6.92 Å². The van der Waals surface area contributed by atoms with Crippen molar-refractivity contribution in [2.75, 3.05) is 14.2 Å². The predicted octanol–water partition coefficient (Wildman–Crippen LogP) is 7.91. The fourth-order valence-electron chi connectivity index (χ4n) is 6.73. The van der Waals surface area contributed by atoms with Crippen molar-refractivity contribution < 1.29 is 27.5 Å². The number of methoxy groups -OCH3 is 2. The van der Waals surface area contributed by atoms with Crippen molar-refractivity contribution in [2.45, 2.75) is 24.9 Å². The summed E-state index contributed by atoms with van der Waals surface area (Å²) in [5.74, 6) is -1.45. The first-order valence-electron chi connectivity index (χ1n) is 15.2. The van der Waals surface area contributed by atoms with Crippen LogP contribution in [-0.2, 0) is 32.6 Å². The second kappa shape index (κ2) is 11.8. The van der Waals surface area contributed by atoms with Gasteiger partial charge in [-0.1, -0.05) is 103 Å². The number of nitrogens with zero attached hydrogens (tertiary/aromatic N) is 1. The molecular formula is C39H31NO6S. The third-order valence-electron chi connectivity index (χ3n) is 8.94. The van der Waals surface area contributed by atoms with Gasteiger partial charge in [0.1, 0.15) is 0 Å². The molecule has 1 heterocycles. The normalized spacial score (nSPS) is 13.1. The van der Waals surface area contributed by atoms with E-state index in [0.29, 0.717) is 33.4 Å². The number of ether oxygens (including phenoxy) is 2. The average Bonchev–Trinajstić information content (AvgIpc) is 3.56. The molecular weight excluding hydrogens is 610 g/mol. The first-order valence-corrected chi connectivity index (χ1v) is 16.6. The summed E-state index contributed by atoms with van der Waals surface area (Å²) >= 11 is 0. The summed E-state index contributed by atoms with van der Waals surface area (Å²) in [6.07, 6.45) is 0. The van der Waals surface area contributed by atoms with E-state index >= 15 is 0 Å². The van der Waals surface area contributed by atoms with Crippen LogP contribution in [0.2, 0.25) is 0 Å². The molecule has 7 nitrogen and oxygen atoms in total. The molecule has 0 saturated heterocycles. The Morgan fingerprint density at radius 1 is 0.596 bits per heavy atom. The van der Waals surface area contributed by atoms with Gasteiger partial charge in [-0.25, -0.2) is 18.0 Å². The van der Waals surface area contributed by atoms with Gasteiger partial charge in [-0.2, -0.15) is 4.31 Å². The van der Waals surface area contributed by atoms with Crippen LogP contribution >= 0.6 is 0 Å². The Morgan fingerprint density at radius 2 is 1.02 bits per heavy atom. The highest BCUT2D eigenvalue weighted by molar-refractivity contribution is 7.89. The molecule has 8 heteroatoms. The van der Waals surface area contributed by atoms with Crippen molar-refractivity contribution >= 4 is 43.5 Å². The maximum Gasteiger partial charge on any atom is 0.339 e. The Bertz CT molecular complexity index is 2210.